The number of aryl methyl sites for hydroxylation is 2. The van der Waals surface area contributed by atoms with E-state index in [9.17, 15) is 21.6 Å². The number of hydrogen-bond donors (Lipinski definition) is 1. The van der Waals surface area contributed by atoms with Crippen molar-refractivity contribution in [1.82, 2.24) is 5.32 Å². The molecular formula is C29H35NO9S2. The second kappa shape index (κ2) is 14.7. The fraction of sp³-hybridized carbons (Fsp3) is 0.345. The third kappa shape index (κ3) is 10.3. The van der Waals surface area contributed by atoms with Crippen LogP contribution in [0.5, 0.6) is 0 Å². The largest absolute Gasteiger partial charge is 0.376 e. The van der Waals surface area contributed by atoms with Crippen LogP contribution in [0.1, 0.15) is 28.4 Å². The van der Waals surface area contributed by atoms with Gasteiger partial charge in [-0.3, -0.25) is 13.2 Å². The minimum absolute atomic E-state index is 0.0396. The van der Waals surface area contributed by atoms with Gasteiger partial charge in [0.05, 0.1) is 55.0 Å². The van der Waals surface area contributed by atoms with Crippen LogP contribution in [-0.2, 0) is 38.1 Å². The summed E-state index contributed by atoms with van der Waals surface area (Å²) >= 11 is 0. The van der Waals surface area contributed by atoms with E-state index in [1.165, 1.54) is 24.3 Å². The summed E-state index contributed by atoms with van der Waals surface area (Å²) in [5, 5.41) is 2.88. The summed E-state index contributed by atoms with van der Waals surface area (Å²) in [5.41, 5.74) is 1.23. The molecule has 0 unspecified atom stereocenters. The van der Waals surface area contributed by atoms with E-state index < -0.39 is 25.8 Å². The Labute approximate surface area is 241 Å². The van der Waals surface area contributed by atoms with Crippen LogP contribution in [0.4, 0.5) is 0 Å². The van der Waals surface area contributed by atoms with Crippen molar-refractivity contribution < 1.29 is 39.5 Å². The summed E-state index contributed by atoms with van der Waals surface area (Å²) in [6.45, 7) is 4.71. The van der Waals surface area contributed by atoms with Gasteiger partial charge in [-0.1, -0.05) is 53.6 Å². The van der Waals surface area contributed by atoms with Crippen LogP contribution in [0.25, 0.3) is 0 Å². The molecule has 12 heteroatoms. The first-order chi connectivity index (χ1) is 19.4. The molecule has 0 aliphatic carbocycles. The molecule has 0 heterocycles. The number of carbonyl (C=O) groups is 1. The fourth-order valence-corrected chi connectivity index (χ4v) is 5.38. The standard InChI is InChI=1S/C29H35NO9S2/c1-23-9-13-26(14-10-23)40(32,33)38-19-17-36-21-29(3,30-28(31)25-7-5-4-6-8-25)22-37-18-20-39-41(34,35)27-15-11-24(2)12-16-27/h4-16H,17-22H2,1-3H3,(H,30,31). The van der Waals surface area contributed by atoms with Gasteiger partial charge in [0.2, 0.25) is 0 Å². The van der Waals surface area contributed by atoms with Gasteiger partial charge in [0, 0.05) is 5.56 Å². The van der Waals surface area contributed by atoms with E-state index in [0.717, 1.165) is 11.1 Å². The summed E-state index contributed by atoms with van der Waals surface area (Å²) in [6.07, 6.45) is 0. The Balaban J connectivity index is 1.52. The molecule has 3 aromatic carbocycles. The fourth-order valence-electron chi connectivity index (χ4n) is 3.60. The first kappa shape index (κ1) is 32.4. The first-order valence-electron chi connectivity index (χ1n) is 12.9. The van der Waals surface area contributed by atoms with Gasteiger partial charge in [0.25, 0.3) is 26.1 Å². The van der Waals surface area contributed by atoms with Crippen molar-refractivity contribution in [1.29, 1.82) is 0 Å². The minimum Gasteiger partial charge on any atom is -0.376 e. The molecule has 0 aliphatic heterocycles. The number of ether oxygens (including phenoxy) is 2. The number of benzene rings is 3. The number of carbonyl (C=O) groups excluding carboxylic acids is 1. The van der Waals surface area contributed by atoms with Crippen LogP contribution in [0, 0.1) is 13.8 Å². The molecule has 0 saturated heterocycles. The molecule has 0 saturated carbocycles. The topological polar surface area (TPSA) is 134 Å². The third-order valence-electron chi connectivity index (χ3n) is 5.84. The van der Waals surface area contributed by atoms with Gasteiger partial charge >= 0.3 is 0 Å². The molecule has 0 fully saturated rings. The second-order valence-electron chi connectivity index (χ2n) is 9.66. The lowest BCUT2D eigenvalue weighted by Gasteiger charge is -2.30. The van der Waals surface area contributed by atoms with Gasteiger partial charge in [-0.2, -0.15) is 16.8 Å². The third-order valence-corrected chi connectivity index (χ3v) is 8.50. The molecule has 0 aliphatic rings. The molecule has 222 valence electrons. The SMILES string of the molecule is Cc1ccc(S(=O)(=O)OCCOCC(C)(COCCOS(=O)(=O)c2ccc(C)cc2)NC(=O)c2ccccc2)cc1. The quantitative estimate of drug-likeness (QED) is 0.192. The number of nitrogens with one attached hydrogen (secondary N) is 1. The first-order valence-corrected chi connectivity index (χ1v) is 15.7. The molecule has 41 heavy (non-hydrogen) atoms. The molecular weight excluding hydrogens is 570 g/mol. The predicted octanol–water partition coefficient (Wildman–Crippen LogP) is 3.64. The highest BCUT2D eigenvalue weighted by Gasteiger charge is 2.28. The van der Waals surface area contributed by atoms with Crippen molar-refractivity contribution in [2.75, 3.05) is 39.6 Å². The number of amides is 1. The second-order valence-corrected chi connectivity index (χ2v) is 12.9. The molecule has 0 spiro atoms. The zero-order chi connectivity index (χ0) is 29.9. The summed E-state index contributed by atoms with van der Waals surface area (Å²) in [5.74, 6) is -0.364. The smallest absolute Gasteiger partial charge is 0.297 e. The van der Waals surface area contributed by atoms with Crippen LogP contribution in [0.3, 0.4) is 0 Å². The molecule has 0 atom stereocenters. The Hall–Kier alpha value is -3.13. The maximum Gasteiger partial charge on any atom is 0.297 e. The molecule has 3 aromatic rings. The monoisotopic (exact) mass is 605 g/mol. The van der Waals surface area contributed by atoms with Gasteiger partial charge in [0.1, 0.15) is 0 Å². The maximum absolute atomic E-state index is 12.8. The van der Waals surface area contributed by atoms with Crippen LogP contribution in [0.15, 0.2) is 88.7 Å². The molecule has 1 amide bonds. The highest BCUT2D eigenvalue weighted by atomic mass is 32.2. The molecule has 3 rings (SSSR count). The van der Waals surface area contributed by atoms with Crippen molar-refractivity contribution >= 4 is 26.1 Å². The normalized spacial score (nSPS) is 12.3. The molecule has 0 bridgehead atoms. The van der Waals surface area contributed by atoms with Crippen molar-refractivity contribution in [3.05, 3.63) is 95.6 Å². The average Bonchev–Trinajstić information content (AvgIpc) is 2.93. The van der Waals surface area contributed by atoms with Crippen LogP contribution in [-0.4, -0.2) is 67.9 Å². The zero-order valence-electron chi connectivity index (χ0n) is 23.2. The lowest BCUT2D eigenvalue weighted by atomic mass is 10.0. The summed E-state index contributed by atoms with van der Waals surface area (Å²) in [7, 11) is -7.88. The summed E-state index contributed by atoms with van der Waals surface area (Å²) in [4.78, 5) is 12.9. The lowest BCUT2D eigenvalue weighted by molar-refractivity contribution is 0.00161. The Morgan fingerprint density at radius 3 is 1.49 bits per heavy atom. The Bertz CT molecular complexity index is 1390. The van der Waals surface area contributed by atoms with Crippen LogP contribution < -0.4 is 5.32 Å². The molecule has 0 aromatic heterocycles. The van der Waals surface area contributed by atoms with Crippen molar-refractivity contribution in [2.45, 2.75) is 36.1 Å². The Morgan fingerprint density at radius 2 is 1.07 bits per heavy atom. The Morgan fingerprint density at radius 1 is 0.659 bits per heavy atom. The maximum atomic E-state index is 12.8. The zero-order valence-corrected chi connectivity index (χ0v) is 24.9. The van der Waals surface area contributed by atoms with E-state index in [0.29, 0.717) is 5.56 Å². The average molecular weight is 606 g/mol. The molecule has 10 nitrogen and oxygen atoms in total. The highest BCUT2D eigenvalue weighted by Crippen LogP contribution is 2.15. The van der Waals surface area contributed by atoms with Crippen LogP contribution >= 0.6 is 0 Å². The van der Waals surface area contributed by atoms with E-state index >= 15 is 0 Å². The van der Waals surface area contributed by atoms with E-state index in [1.54, 1.807) is 61.5 Å². The van der Waals surface area contributed by atoms with E-state index in [2.05, 4.69) is 5.32 Å². The van der Waals surface area contributed by atoms with Gasteiger partial charge in [-0.05, 0) is 57.2 Å². The molecule has 1 N–H and O–H groups in total. The van der Waals surface area contributed by atoms with Gasteiger partial charge < -0.3 is 14.8 Å². The number of rotatable bonds is 16. The van der Waals surface area contributed by atoms with Crippen molar-refractivity contribution in [3.8, 4) is 0 Å². The number of hydrogen-bond acceptors (Lipinski definition) is 9. The van der Waals surface area contributed by atoms with Gasteiger partial charge in [-0.25, -0.2) is 0 Å². The summed E-state index contributed by atoms with van der Waals surface area (Å²) < 4.78 is 70.9. The lowest BCUT2D eigenvalue weighted by Crippen LogP contribution is -2.53. The minimum atomic E-state index is -3.94. The summed E-state index contributed by atoms with van der Waals surface area (Å²) in [6, 6.07) is 21.1. The van der Waals surface area contributed by atoms with Gasteiger partial charge in [0.15, 0.2) is 0 Å². The van der Waals surface area contributed by atoms with Crippen LogP contribution in [0.2, 0.25) is 0 Å². The van der Waals surface area contributed by atoms with Crippen molar-refractivity contribution in [2.24, 2.45) is 0 Å². The van der Waals surface area contributed by atoms with Crippen molar-refractivity contribution in [3.63, 3.8) is 0 Å². The van der Waals surface area contributed by atoms with E-state index in [4.69, 9.17) is 17.8 Å². The van der Waals surface area contributed by atoms with E-state index in [-0.39, 0.29) is 55.3 Å². The highest BCUT2D eigenvalue weighted by molar-refractivity contribution is 7.87. The molecule has 0 radical (unpaired) electrons. The predicted molar refractivity (Wildman–Crippen MR) is 153 cm³/mol. The van der Waals surface area contributed by atoms with E-state index in [1.807, 2.05) is 13.8 Å². The van der Waals surface area contributed by atoms with Gasteiger partial charge in [-0.15, -0.1) is 0 Å². The Kier molecular flexibility index (Phi) is 11.6.